The summed E-state index contributed by atoms with van der Waals surface area (Å²) >= 11 is 5.79. The molecule has 0 amide bonds. The predicted octanol–water partition coefficient (Wildman–Crippen LogP) is 4.05. The molecule has 138 valence electrons. The van der Waals surface area contributed by atoms with Crippen LogP contribution in [-0.4, -0.2) is 32.8 Å². The lowest BCUT2D eigenvalue weighted by atomic mass is 9.93. The molecule has 4 rings (SSSR count). The predicted molar refractivity (Wildman–Crippen MR) is 114 cm³/mol. The number of hydrogen-bond donors (Lipinski definition) is 2. The van der Waals surface area contributed by atoms with Crippen molar-refractivity contribution < 1.29 is 5.11 Å². The van der Waals surface area contributed by atoms with Crippen LogP contribution in [0.3, 0.4) is 0 Å². The molecular formula is C22H23N3OS. The molecule has 0 saturated heterocycles. The zero-order valence-electron chi connectivity index (χ0n) is 15.4. The molecule has 0 aliphatic carbocycles. The largest absolute Gasteiger partial charge is 0.396 e. The van der Waals surface area contributed by atoms with Crippen LogP contribution in [0.2, 0.25) is 0 Å². The zero-order valence-corrected chi connectivity index (χ0v) is 16.2. The maximum Gasteiger partial charge on any atom is 0.174 e. The molecule has 2 aromatic carbocycles. The maximum atomic E-state index is 9.53. The lowest BCUT2D eigenvalue weighted by Gasteiger charge is -2.38. The summed E-state index contributed by atoms with van der Waals surface area (Å²) in [6.45, 7) is 2.91. The fourth-order valence-electron chi connectivity index (χ4n) is 3.80. The minimum absolute atomic E-state index is 0.158. The number of pyridine rings is 1. The number of thiocarbonyl (C=S) groups is 1. The van der Waals surface area contributed by atoms with Crippen LogP contribution >= 0.6 is 12.2 Å². The van der Waals surface area contributed by atoms with Gasteiger partial charge in [-0.2, -0.15) is 0 Å². The van der Waals surface area contributed by atoms with E-state index in [0.717, 1.165) is 35.1 Å². The lowest BCUT2D eigenvalue weighted by molar-refractivity contribution is 0.207. The molecule has 0 unspecified atom stereocenters. The van der Waals surface area contributed by atoms with E-state index >= 15 is 0 Å². The van der Waals surface area contributed by atoms with Crippen molar-refractivity contribution in [3.8, 4) is 0 Å². The van der Waals surface area contributed by atoms with Gasteiger partial charge in [0.2, 0.25) is 0 Å². The van der Waals surface area contributed by atoms with Gasteiger partial charge in [0.1, 0.15) is 0 Å². The van der Waals surface area contributed by atoms with E-state index in [1.807, 2.05) is 25.3 Å². The molecule has 0 spiro atoms. The molecule has 1 aliphatic heterocycles. The van der Waals surface area contributed by atoms with E-state index in [2.05, 4.69) is 51.6 Å². The van der Waals surface area contributed by atoms with Crippen molar-refractivity contribution in [2.75, 3.05) is 11.9 Å². The third-order valence-electron chi connectivity index (χ3n) is 5.22. The molecule has 0 saturated carbocycles. The highest BCUT2D eigenvalue weighted by Crippen LogP contribution is 2.28. The van der Waals surface area contributed by atoms with E-state index in [-0.39, 0.29) is 12.6 Å². The number of nitrogens with zero attached hydrogens (tertiary/aromatic N) is 2. The molecule has 1 aliphatic rings. The summed E-state index contributed by atoms with van der Waals surface area (Å²) in [5.74, 6) is 0. The summed E-state index contributed by atoms with van der Waals surface area (Å²) in [4.78, 5) is 6.59. The van der Waals surface area contributed by atoms with Gasteiger partial charge < -0.3 is 15.3 Å². The van der Waals surface area contributed by atoms with Crippen LogP contribution < -0.4 is 5.32 Å². The quantitative estimate of drug-likeness (QED) is 0.675. The van der Waals surface area contributed by atoms with Crippen molar-refractivity contribution in [2.24, 2.45) is 0 Å². The number of benzene rings is 2. The van der Waals surface area contributed by atoms with Gasteiger partial charge >= 0.3 is 0 Å². The van der Waals surface area contributed by atoms with Gasteiger partial charge in [-0.15, -0.1) is 0 Å². The van der Waals surface area contributed by atoms with E-state index in [1.165, 1.54) is 11.1 Å². The molecular weight excluding hydrogens is 354 g/mol. The molecule has 27 heavy (non-hydrogen) atoms. The molecule has 2 heterocycles. The molecule has 3 aromatic rings. The normalized spacial score (nSPS) is 16.2. The van der Waals surface area contributed by atoms with Crippen molar-refractivity contribution >= 4 is 33.8 Å². The number of aliphatic hydroxyl groups excluding tert-OH is 1. The second kappa shape index (κ2) is 7.62. The summed E-state index contributed by atoms with van der Waals surface area (Å²) in [6, 6.07) is 16.9. The van der Waals surface area contributed by atoms with Gasteiger partial charge in [-0.05, 0) is 55.2 Å². The maximum absolute atomic E-state index is 9.53. The van der Waals surface area contributed by atoms with Crippen molar-refractivity contribution in [3.63, 3.8) is 0 Å². The van der Waals surface area contributed by atoms with Crippen LogP contribution in [0, 0.1) is 6.92 Å². The Balaban J connectivity index is 1.63. The van der Waals surface area contributed by atoms with Crippen molar-refractivity contribution in [2.45, 2.75) is 32.4 Å². The van der Waals surface area contributed by atoms with Crippen molar-refractivity contribution in [1.29, 1.82) is 0 Å². The molecule has 0 fully saturated rings. The minimum atomic E-state index is 0.158. The lowest BCUT2D eigenvalue weighted by Crippen LogP contribution is -2.46. The molecule has 2 N–H and O–H groups in total. The van der Waals surface area contributed by atoms with Gasteiger partial charge in [-0.1, -0.05) is 36.4 Å². The van der Waals surface area contributed by atoms with E-state index < -0.39 is 0 Å². The second-order valence-electron chi connectivity index (χ2n) is 7.05. The van der Waals surface area contributed by atoms with Crippen molar-refractivity contribution in [3.05, 3.63) is 71.5 Å². The Hall–Kier alpha value is -2.50. The first-order valence-corrected chi connectivity index (χ1v) is 9.67. The van der Waals surface area contributed by atoms with E-state index in [9.17, 15) is 5.11 Å². The van der Waals surface area contributed by atoms with Crippen LogP contribution in [0.5, 0.6) is 0 Å². The smallest absolute Gasteiger partial charge is 0.174 e. The fraction of sp³-hybridized carbons (Fsp3) is 0.273. The highest BCUT2D eigenvalue weighted by molar-refractivity contribution is 7.80. The van der Waals surface area contributed by atoms with Crippen LogP contribution in [0.15, 0.2) is 54.7 Å². The van der Waals surface area contributed by atoms with E-state index in [1.54, 1.807) is 0 Å². The SMILES string of the molecule is Cc1cc2c(NC(=S)N3Cc4ccccc4C[C@H]3CCO)cccc2cn1. The Labute approximate surface area is 164 Å². The van der Waals surface area contributed by atoms with E-state index in [4.69, 9.17) is 12.2 Å². The Bertz CT molecular complexity index is 988. The Kier molecular flexibility index (Phi) is 5.05. The zero-order chi connectivity index (χ0) is 18.8. The highest BCUT2D eigenvalue weighted by atomic mass is 32.1. The minimum Gasteiger partial charge on any atom is -0.396 e. The molecule has 5 heteroatoms. The average Bonchev–Trinajstić information content (AvgIpc) is 2.68. The van der Waals surface area contributed by atoms with Gasteiger partial charge in [-0.25, -0.2) is 0 Å². The third kappa shape index (κ3) is 3.66. The summed E-state index contributed by atoms with van der Waals surface area (Å²) in [6.07, 6.45) is 3.50. The summed E-state index contributed by atoms with van der Waals surface area (Å²) in [7, 11) is 0. The van der Waals surface area contributed by atoms with Crippen LogP contribution in [0.1, 0.15) is 23.2 Å². The summed E-state index contributed by atoms with van der Waals surface area (Å²) < 4.78 is 0. The highest BCUT2D eigenvalue weighted by Gasteiger charge is 2.27. The Morgan fingerprint density at radius 3 is 2.85 bits per heavy atom. The number of aliphatic hydroxyl groups is 1. The Morgan fingerprint density at radius 2 is 2.04 bits per heavy atom. The number of anilines is 1. The fourth-order valence-corrected chi connectivity index (χ4v) is 4.13. The van der Waals surface area contributed by atoms with Gasteiger partial charge in [-0.3, -0.25) is 4.98 Å². The topological polar surface area (TPSA) is 48.4 Å². The second-order valence-corrected chi connectivity index (χ2v) is 7.44. The molecule has 0 radical (unpaired) electrons. The first kappa shape index (κ1) is 17.9. The first-order chi connectivity index (χ1) is 13.2. The van der Waals surface area contributed by atoms with Crippen LogP contribution in [-0.2, 0) is 13.0 Å². The van der Waals surface area contributed by atoms with Crippen molar-refractivity contribution in [1.82, 2.24) is 9.88 Å². The van der Waals surface area contributed by atoms with Gasteiger partial charge in [0.25, 0.3) is 0 Å². The number of aromatic nitrogens is 1. The van der Waals surface area contributed by atoms with Gasteiger partial charge in [0.05, 0.1) is 0 Å². The van der Waals surface area contributed by atoms with Crippen LogP contribution in [0.25, 0.3) is 10.8 Å². The summed E-state index contributed by atoms with van der Waals surface area (Å²) in [5.41, 5.74) is 4.62. The number of rotatable bonds is 3. The first-order valence-electron chi connectivity index (χ1n) is 9.26. The molecule has 4 nitrogen and oxygen atoms in total. The molecule has 1 aromatic heterocycles. The monoisotopic (exact) mass is 377 g/mol. The molecule has 0 bridgehead atoms. The van der Waals surface area contributed by atoms with Crippen LogP contribution in [0.4, 0.5) is 5.69 Å². The Morgan fingerprint density at radius 1 is 1.22 bits per heavy atom. The van der Waals surface area contributed by atoms with E-state index in [0.29, 0.717) is 11.5 Å². The van der Waals surface area contributed by atoms with Gasteiger partial charge in [0, 0.05) is 47.5 Å². The summed E-state index contributed by atoms with van der Waals surface area (Å²) in [5, 5.41) is 15.9. The number of fused-ring (bicyclic) bond motifs is 2. The average molecular weight is 378 g/mol. The van der Waals surface area contributed by atoms with Gasteiger partial charge in [0.15, 0.2) is 5.11 Å². The standard InChI is InChI=1S/C22H23N3OS/c1-15-11-20-17(13-23-15)7-4-8-21(20)24-22(27)25-14-18-6-3-2-5-16(18)12-19(25)9-10-26/h2-8,11,13,19,26H,9-10,12,14H2,1H3,(H,24,27)/t19-/m1/s1. The number of aryl methyl sites for hydroxylation is 1. The third-order valence-corrected chi connectivity index (χ3v) is 5.56. The molecule has 1 atom stereocenters. The number of nitrogens with one attached hydrogen (secondary N) is 1. The number of hydrogen-bond acceptors (Lipinski definition) is 3.